The Hall–Kier alpha value is -3.60. The van der Waals surface area contributed by atoms with E-state index in [0.29, 0.717) is 36.1 Å². The Morgan fingerprint density at radius 3 is 2.33 bits per heavy atom. The Morgan fingerprint density at radius 1 is 1.00 bits per heavy atom. The SMILES string of the molecule is COc1cc(C#Cc2cnc(N3CC[NH+]([O-])c4cccc(C)c43)nc2)cc(OC)c1. The maximum atomic E-state index is 12.3. The van der Waals surface area contributed by atoms with Crippen LogP contribution in [0.4, 0.5) is 17.3 Å². The highest BCUT2D eigenvalue weighted by Crippen LogP contribution is 2.32. The summed E-state index contributed by atoms with van der Waals surface area (Å²) in [5.41, 5.74) is 4.10. The number of anilines is 2. The Morgan fingerprint density at radius 2 is 1.67 bits per heavy atom. The highest BCUT2D eigenvalue weighted by atomic mass is 16.5. The van der Waals surface area contributed by atoms with Crippen LogP contribution >= 0.6 is 0 Å². The second kappa shape index (κ2) is 8.41. The van der Waals surface area contributed by atoms with E-state index < -0.39 is 0 Å². The van der Waals surface area contributed by atoms with Crippen LogP contribution in [0.25, 0.3) is 0 Å². The third-order valence-corrected chi connectivity index (χ3v) is 4.95. The summed E-state index contributed by atoms with van der Waals surface area (Å²) in [5, 5.41) is 12.4. The van der Waals surface area contributed by atoms with Crippen LogP contribution in [0.2, 0.25) is 0 Å². The Kier molecular flexibility index (Phi) is 5.53. The van der Waals surface area contributed by atoms with Crippen molar-refractivity contribution in [2.75, 3.05) is 32.2 Å². The molecule has 1 aromatic heterocycles. The molecule has 0 saturated carbocycles. The molecule has 0 fully saturated rings. The molecule has 0 bridgehead atoms. The summed E-state index contributed by atoms with van der Waals surface area (Å²) in [6, 6.07) is 11.2. The fourth-order valence-corrected chi connectivity index (χ4v) is 3.45. The van der Waals surface area contributed by atoms with Gasteiger partial charge in [0.05, 0.1) is 32.9 Å². The molecule has 1 unspecified atom stereocenters. The van der Waals surface area contributed by atoms with Gasteiger partial charge in [-0.05, 0) is 24.6 Å². The molecule has 2 aromatic carbocycles. The molecule has 7 heteroatoms. The number of hydrogen-bond donors (Lipinski definition) is 1. The molecular weight excluding hydrogens is 380 g/mol. The molecule has 1 aliphatic heterocycles. The molecule has 0 amide bonds. The van der Waals surface area contributed by atoms with Crippen LogP contribution in [0.3, 0.4) is 0 Å². The summed E-state index contributed by atoms with van der Waals surface area (Å²) >= 11 is 0. The first-order valence-electron chi connectivity index (χ1n) is 9.56. The first-order chi connectivity index (χ1) is 14.6. The number of nitrogens with zero attached hydrogens (tertiary/aromatic N) is 3. The molecular formula is C23H22N4O3. The van der Waals surface area contributed by atoms with E-state index in [4.69, 9.17) is 9.47 Å². The molecule has 3 aromatic rings. The number of fused-ring (bicyclic) bond motifs is 1. The number of quaternary nitrogens is 1. The van der Waals surface area contributed by atoms with E-state index in [1.54, 1.807) is 32.7 Å². The van der Waals surface area contributed by atoms with Gasteiger partial charge < -0.3 is 19.7 Å². The number of nitrogens with one attached hydrogen (secondary N) is 1. The van der Waals surface area contributed by atoms with E-state index >= 15 is 0 Å². The third kappa shape index (κ3) is 3.92. The van der Waals surface area contributed by atoms with Gasteiger partial charge in [0.1, 0.15) is 17.2 Å². The summed E-state index contributed by atoms with van der Waals surface area (Å²) in [5.74, 6) is 8.09. The second-order valence-electron chi connectivity index (χ2n) is 6.92. The first-order valence-corrected chi connectivity index (χ1v) is 9.56. The van der Waals surface area contributed by atoms with E-state index in [1.807, 2.05) is 42.2 Å². The van der Waals surface area contributed by atoms with Gasteiger partial charge in [-0.25, -0.2) is 9.97 Å². The van der Waals surface area contributed by atoms with Crippen molar-refractivity contribution >= 4 is 17.3 Å². The number of para-hydroxylation sites is 1. The molecule has 2 heterocycles. The minimum atomic E-state index is 0.154. The standard InChI is InChI=1S/C23H22N4O3/c1-16-5-4-6-21-22(16)26(9-10-27(21)28)23-24-14-18(15-25-23)8-7-17-11-19(29-2)13-20(12-17)30-3/h4-6,11-15,27H,9-10H2,1-3H3. The van der Waals surface area contributed by atoms with Gasteiger partial charge in [-0.3, -0.25) is 4.90 Å². The lowest BCUT2D eigenvalue weighted by atomic mass is 10.1. The van der Waals surface area contributed by atoms with E-state index in [1.165, 1.54) is 0 Å². The molecule has 30 heavy (non-hydrogen) atoms. The van der Waals surface area contributed by atoms with Gasteiger partial charge >= 0.3 is 0 Å². The van der Waals surface area contributed by atoms with Crippen molar-refractivity contribution in [3.63, 3.8) is 0 Å². The van der Waals surface area contributed by atoms with Gasteiger partial charge in [0.25, 0.3) is 0 Å². The highest BCUT2D eigenvalue weighted by molar-refractivity contribution is 5.73. The second-order valence-corrected chi connectivity index (χ2v) is 6.92. The molecule has 1 aliphatic rings. The summed E-state index contributed by atoms with van der Waals surface area (Å²) in [7, 11) is 3.21. The van der Waals surface area contributed by atoms with Gasteiger partial charge in [-0.15, -0.1) is 0 Å². The molecule has 4 rings (SSSR count). The zero-order valence-corrected chi connectivity index (χ0v) is 17.1. The maximum absolute atomic E-state index is 12.3. The van der Waals surface area contributed by atoms with Crippen molar-refractivity contribution in [3.05, 3.63) is 70.7 Å². The summed E-state index contributed by atoms with van der Waals surface area (Å²) in [6.07, 6.45) is 3.39. The Bertz CT molecular complexity index is 1100. The monoisotopic (exact) mass is 402 g/mol. The number of aromatic nitrogens is 2. The molecule has 0 aliphatic carbocycles. The van der Waals surface area contributed by atoms with Crippen molar-refractivity contribution in [1.29, 1.82) is 0 Å². The normalized spacial score (nSPS) is 15.1. The van der Waals surface area contributed by atoms with Crippen LogP contribution in [0.1, 0.15) is 16.7 Å². The lowest BCUT2D eigenvalue weighted by Gasteiger charge is -2.36. The number of methoxy groups -OCH3 is 2. The first kappa shape index (κ1) is 19.7. The molecule has 0 saturated heterocycles. The smallest absolute Gasteiger partial charge is 0.230 e. The molecule has 1 N–H and O–H groups in total. The lowest BCUT2D eigenvalue weighted by Crippen LogP contribution is -3.04. The number of hydrogen-bond acceptors (Lipinski definition) is 6. The summed E-state index contributed by atoms with van der Waals surface area (Å²) in [4.78, 5) is 11.0. The molecule has 0 radical (unpaired) electrons. The minimum Gasteiger partial charge on any atom is -0.629 e. The molecule has 1 atom stereocenters. The van der Waals surface area contributed by atoms with E-state index in [2.05, 4.69) is 21.8 Å². The van der Waals surface area contributed by atoms with Gasteiger partial charge in [0.2, 0.25) is 5.95 Å². The summed E-state index contributed by atoms with van der Waals surface area (Å²) in [6.45, 7) is 3.00. The minimum absolute atomic E-state index is 0.154. The highest BCUT2D eigenvalue weighted by Gasteiger charge is 2.26. The van der Waals surface area contributed by atoms with Gasteiger partial charge in [0, 0.05) is 30.1 Å². The van der Waals surface area contributed by atoms with Crippen LogP contribution in [0.15, 0.2) is 48.8 Å². The number of rotatable bonds is 3. The molecule has 152 valence electrons. The van der Waals surface area contributed by atoms with Crippen LogP contribution in [-0.2, 0) is 0 Å². The van der Waals surface area contributed by atoms with Crippen LogP contribution in [-0.4, -0.2) is 37.3 Å². The van der Waals surface area contributed by atoms with E-state index in [0.717, 1.165) is 22.5 Å². The van der Waals surface area contributed by atoms with Crippen LogP contribution in [0, 0.1) is 24.0 Å². The predicted molar refractivity (Wildman–Crippen MR) is 115 cm³/mol. The van der Waals surface area contributed by atoms with Crippen molar-refractivity contribution in [1.82, 2.24) is 9.97 Å². The Balaban J connectivity index is 1.60. The third-order valence-electron chi connectivity index (χ3n) is 4.95. The zero-order valence-electron chi connectivity index (χ0n) is 17.1. The fourth-order valence-electron chi connectivity index (χ4n) is 3.45. The number of ether oxygens (including phenoxy) is 2. The van der Waals surface area contributed by atoms with Gasteiger partial charge in [0.15, 0.2) is 5.69 Å². The van der Waals surface area contributed by atoms with Gasteiger partial charge in [-0.1, -0.05) is 24.0 Å². The topological polar surface area (TPSA) is 75.0 Å². The quantitative estimate of drug-likeness (QED) is 0.536. The van der Waals surface area contributed by atoms with E-state index in [-0.39, 0.29) is 5.06 Å². The predicted octanol–water partition coefficient (Wildman–Crippen LogP) is 2.37. The number of aryl methyl sites for hydroxylation is 1. The van der Waals surface area contributed by atoms with E-state index in [9.17, 15) is 5.21 Å². The Labute approximate surface area is 175 Å². The average Bonchev–Trinajstić information content (AvgIpc) is 2.78. The average molecular weight is 402 g/mol. The molecule has 0 spiro atoms. The largest absolute Gasteiger partial charge is 0.629 e. The van der Waals surface area contributed by atoms with Crippen molar-refractivity contribution in [2.45, 2.75) is 6.92 Å². The van der Waals surface area contributed by atoms with Crippen LogP contribution in [0.5, 0.6) is 11.5 Å². The van der Waals surface area contributed by atoms with Crippen LogP contribution < -0.4 is 19.4 Å². The van der Waals surface area contributed by atoms with Crippen molar-refractivity contribution in [2.24, 2.45) is 0 Å². The lowest BCUT2D eigenvalue weighted by molar-refractivity contribution is -0.775. The number of hydroxylamine groups is 1. The maximum Gasteiger partial charge on any atom is 0.230 e. The fraction of sp³-hybridized carbons (Fsp3) is 0.217. The number of benzene rings is 2. The summed E-state index contributed by atoms with van der Waals surface area (Å²) < 4.78 is 10.6. The van der Waals surface area contributed by atoms with Gasteiger partial charge in [-0.2, -0.15) is 0 Å². The zero-order chi connectivity index (χ0) is 21.1. The van der Waals surface area contributed by atoms with Crippen molar-refractivity contribution < 1.29 is 14.5 Å². The van der Waals surface area contributed by atoms with Crippen molar-refractivity contribution in [3.8, 4) is 23.3 Å². The molecule has 7 nitrogen and oxygen atoms in total.